The average molecular weight is 261 g/mol. The van der Waals surface area contributed by atoms with Crippen LogP contribution in [-0.2, 0) is 6.54 Å². The van der Waals surface area contributed by atoms with Crippen LogP contribution in [0.2, 0.25) is 0 Å². The van der Waals surface area contributed by atoms with Crippen molar-refractivity contribution in [2.45, 2.75) is 19.4 Å². The van der Waals surface area contributed by atoms with Gasteiger partial charge in [-0.25, -0.2) is 4.98 Å². The minimum absolute atomic E-state index is 0.803. The van der Waals surface area contributed by atoms with Crippen molar-refractivity contribution in [1.82, 2.24) is 15.3 Å². The van der Waals surface area contributed by atoms with Gasteiger partial charge in [0.25, 0.3) is 0 Å². The maximum atomic E-state index is 4.58. The SMILES string of the molecule is CSCCCCNCc1cnc2ccccc2n1. The van der Waals surface area contributed by atoms with Crippen molar-refractivity contribution in [1.29, 1.82) is 0 Å². The number of hydrogen-bond donors (Lipinski definition) is 1. The van der Waals surface area contributed by atoms with Crippen molar-refractivity contribution in [2.24, 2.45) is 0 Å². The molecule has 0 amide bonds. The molecule has 96 valence electrons. The summed E-state index contributed by atoms with van der Waals surface area (Å²) >= 11 is 1.91. The number of rotatable bonds is 7. The van der Waals surface area contributed by atoms with Gasteiger partial charge in [0.1, 0.15) is 0 Å². The molecule has 0 bridgehead atoms. The number of hydrogen-bond acceptors (Lipinski definition) is 4. The number of unbranched alkanes of at least 4 members (excludes halogenated alkanes) is 1. The lowest BCUT2D eigenvalue weighted by Crippen LogP contribution is -2.16. The Morgan fingerprint density at radius 1 is 1.17 bits per heavy atom. The molecular weight excluding hydrogens is 242 g/mol. The van der Waals surface area contributed by atoms with E-state index in [1.54, 1.807) is 0 Å². The lowest BCUT2D eigenvalue weighted by molar-refractivity contribution is 0.635. The highest BCUT2D eigenvalue weighted by molar-refractivity contribution is 7.98. The molecule has 0 aliphatic rings. The molecule has 0 spiro atoms. The fourth-order valence-corrected chi connectivity index (χ4v) is 2.29. The Kier molecular flexibility index (Phi) is 5.42. The molecule has 18 heavy (non-hydrogen) atoms. The number of thioether (sulfide) groups is 1. The van der Waals surface area contributed by atoms with Gasteiger partial charge in [-0.3, -0.25) is 4.98 Å². The first-order valence-corrected chi connectivity index (χ1v) is 7.70. The minimum Gasteiger partial charge on any atom is -0.311 e. The van der Waals surface area contributed by atoms with Crippen LogP contribution in [0, 0.1) is 0 Å². The van der Waals surface area contributed by atoms with Gasteiger partial charge in [0, 0.05) is 6.54 Å². The summed E-state index contributed by atoms with van der Waals surface area (Å²) in [6.45, 7) is 1.85. The first-order chi connectivity index (χ1) is 8.90. The predicted molar refractivity (Wildman–Crippen MR) is 78.9 cm³/mol. The lowest BCUT2D eigenvalue weighted by Gasteiger charge is -2.04. The van der Waals surface area contributed by atoms with Crippen molar-refractivity contribution in [3.05, 3.63) is 36.2 Å². The molecule has 1 aromatic carbocycles. The normalized spacial score (nSPS) is 10.9. The summed E-state index contributed by atoms with van der Waals surface area (Å²) in [5, 5.41) is 3.41. The zero-order chi connectivity index (χ0) is 12.6. The molecule has 2 rings (SSSR count). The first-order valence-electron chi connectivity index (χ1n) is 6.30. The molecule has 0 fully saturated rings. The summed E-state index contributed by atoms with van der Waals surface area (Å²) in [4.78, 5) is 8.98. The second-order valence-electron chi connectivity index (χ2n) is 4.23. The van der Waals surface area contributed by atoms with Crippen LogP contribution in [0.25, 0.3) is 11.0 Å². The largest absolute Gasteiger partial charge is 0.311 e. The van der Waals surface area contributed by atoms with Crippen molar-refractivity contribution in [2.75, 3.05) is 18.6 Å². The second-order valence-corrected chi connectivity index (χ2v) is 5.21. The first kappa shape index (κ1) is 13.3. The number of para-hydroxylation sites is 2. The van der Waals surface area contributed by atoms with E-state index < -0.39 is 0 Å². The van der Waals surface area contributed by atoms with Gasteiger partial charge >= 0.3 is 0 Å². The van der Waals surface area contributed by atoms with Crippen molar-refractivity contribution < 1.29 is 0 Å². The number of nitrogens with one attached hydrogen (secondary N) is 1. The predicted octanol–water partition coefficient (Wildman–Crippen LogP) is 2.86. The highest BCUT2D eigenvalue weighted by Crippen LogP contribution is 2.08. The maximum absolute atomic E-state index is 4.58. The fourth-order valence-electron chi connectivity index (χ4n) is 1.79. The molecule has 0 saturated heterocycles. The molecule has 0 unspecified atom stereocenters. The highest BCUT2D eigenvalue weighted by atomic mass is 32.2. The Morgan fingerprint density at radius 2 is 2.00 bits per heavy atom. The van der Waals surface area contributed by atoms with E-state index in [0.29, 0.717) is 0 Å². The van der Waals surface area contributed by atoms with Crippen LogP contribution in [0.3, 0.4) is 0 Å². The monoisotopic (exact) mass is 261 g/mol. The van der Waals surface area contributed by atoms with E-state index in [-0.39, 0.29) is 0 Å². The summed E-state index contributed by atoms with van der Waals surface area (Å²) in [5.74, 6) is 1.25. The summed E-state index contributed by atoms with van der Waals surface area (Å²) in [6.07, 6.45) is 6.51. The van der Waals surface area contributed by atoms with Gasteiger partial charge in [-0.2, -0.15) is 11.8 Å². The molecule has 1 aromatic heterocycles. The third kappa shape index (κ3) is 3.96. The highest BCUT2D eigenvalue weighted by Gasteiger charge is 1.98. The Morgan fingerprint density at radius 3 is 2.83 bits per heavy atom. The van der Waals surface area contributed by atoms with E-state index in [2.05, 4.69) is 21.5 Å². The summed E-state index contributed by atoms with van der Waals surface area (Å²) in [6, 6.07) is 7.98. The number of nitrogens with zero attached hydrogens (tertiary/aromatic N) is 2. The van der Waals surface area contributed by atoms with E-state index in [1.807, 2.05) is 42.2 Å². The Labute approximate surface area is 112 Å². The molecule has 2 aromatic rings. The molecular formula is C14H19N3S. The van der Waals surface area contributed by atoms with Gasteiger partial charge in [0.05, 0.1) is 22.9 Å². The van der Waals surface area contributed by atoms with Gasteiger partial charge in [-0.15, -0.1) is 0 Å². The van der Waals surface area contributed by atoms with Gasteiger partial charge in [0.15, 0.2) is 0 Å². The Hall–Kier alpha value is -1.13. The van der Waals surface area contributed by atoms with Crippen LogP contribution in [0.1, 0.15) is 18.5 Å². The standard InChI is InChI=1S/C14H19N3S/c1-18-9-5-4-8-15-10-12-11-16-13-6-2-3-7-14(13)17-12/h2-3,6-7,11,15H,4-5,8-10H2,1H3. The number of benzene rings is 1. The van der Waals surface area contributed by atoms with E-state index in [4.69, 9.17) is 0 Å². The zero-order valence-corrected chi connectivity index (χ0v) is 11.5. The minimum atomic E-state index is 0.803. The van der Waals surface area contributed by atoms with Gasteiger partial charge in [0.2, 0.25) is 0 Å². The lowest BCUT2D eigenvalue weighted by atomic mass is 10.3. The van der Waals surface area contributed by atoms with Gasteiger partial charge < -0.3 is 5.32 Å². The molecule has 0 atom stereocenters. The summed E-state index contributed by atoms with van der Waals surface area (Å²) in [5.41, 5.74) is 2.94. The van der Waals surface area contributed by atoms with Crippen molar-refractivity contribution >= 4 is 22.8 Å². The third-order valence-electron chi connectivity index (χ3n) is 2.76. The number of fused-ring (bicyclic) bond motifs is 1. The fraction of sp³-hybridized carbons (Fsp3) is 0.429. The Balaban J connectivity index is 1.81. The molecule has 3 nitrogen and oxygen atoms in total. The third-order valence-corrected chi connectivity index (χ3v) is 3.45. The average Bonchev–Trinajstić information content (AvgIpc) is 2.42. The zero-order valence-electron chi connectivity index (χ0n) is 10.7. The van der Waals surface area contributed by atoms with E-state index in [9.17, 15) is 0 Å². The Bertz CT molecular complexity index is 487. The number of aromatic nitrogens is 2. The van der Waals surface area contributed by atoms with Crippen LogP contribution in [-0.4, -0.2) is 28.5 Å². The van der Waals surface area contributed by atoms with Crippen LogP contribution in [0.5, 0.6) is 0 Å². The van der Waals surface area contributed by atoms with Crippen LogP contribution >= 0.6 is 11.8 Å². The van der Waals surface area contributed by atoms with Gasteiger partial charge in [-0.05, 0) is 43.5 Å². The maximum Gasteiger partial charge on any atom is 0.0890 e. The molecule has 0 radical (unpaired) electrons. The smallest absolute Gasteiger partial charge is 0.0890 e. The van der Waals surface area contributed by atoms with Crippen LogP contribution in [0.15, 0.2) is 30.5 Å². The summed E-state index contributed by atoms with van der Waals surface area (Å²) < 4.78 is 0. The molecule has 1 N–H and O–H groups in total. The van der Waals surface area contributed by atoms with E-state index in [1.165, 1.54) is 18.6 Å². The van der Waals surface area contributed by atoms with Crippen molar-refractivity contribution in [3.8, 4) is 0 Å². The molecule has 0 aliphatic heterocycles. The topological polar surface area (TPSA) is 37.8 Å². The second kappa shape index (κ2) is 7.34. The van der Waals surface area contributed by atoms with Crippen LogP contribution < -0.4 is 5.32 Å². The molecule has 4 heteroatoms. The molecule has 0 saturated carbocycles. The quantitative estimate of drug-likeness (QED) is 0.778. The molecule has 1 heterocycles. The van der Waals surface area contributed by atoms with Gasteiger partial charge in [-0.1, -0.05) is 12.1 Å². The van der Waals surface area contributed by atoms with Crippen molar-refractivity contribution in [3.63, 3.8) is 0 Å². The summed E-state index contributed by atoms with van der Waals surface area (Å²) in [7, 11) is 0. The van der Waals surface area contributed by atoms with E-state index >= 15 is 0 Å². The molecule has 0 aliphatic carbocycles. The van der Waals surface area contributed by atoms with E-state index in [0.717, 1.165) is 29.8 Å². The van der Waals surface area contributed by atoms with Crippen LogP contribution in [0.4, 0.5) is 0 Å².